The summed E-state index contributed by atoms with van der Waals surface area (Å²) in [6.07, 6.45) is 0.540. The molecule has 0 aromatic heterocycles. The lowest BCUT2D eigenvalue weighted by atomic mass is 9.89. The van der Waals surface area contributed by atoms with Crippen molar-refractivity contribution in [2.45, 2.75) is 46.0 Å². The maximum absolute atomic E-state index is 13.8. The standard InChI is InChI=1S/C13H20F2N2O2/c1-12(2,3)11(18)19-17-8-6-10(5-4-7-16)13(14,15)9-17/h10H,4-6,8-9H2,1-3H3. The maximum atomic E-state index is 13.8. The fourth-order valence-electron chi connectivity index (χ4n) is 1.88. The van der Waals surface area contributed by atoms with Crippen molar-refractivity contribution in [1.82, 2.24) is 5.06 Å². The largest absolute Gasteiger partial charge is 0.367 e. The minimum atomic E-state index is -2.92. The predicted molar refractivity (Wildman–Crippen MR) is 65.0 cm³/mol. The fraction of sp³-hybridized carbons (Fsp3) is 0.846. The molecule has 0 N–H and O–H groups in total. The van der Waals surface area contributed by atoms with E-state index in [4.69, 9.17) is 10.1 Å². The summed E-state index contributed by atoms with van der Waals surface area (Å²) in [5.41, 5.74) is -0.715. The molecule has 0 radical (unpaired) electrons. The van der Waals surface area contributed by atoms with Crippen LogP contribution < -0.4 is 0 Å². The van der Waals surface area contributed by atoms with Crippen molar-refractivity contribution in [3.05, 3.63) is 0 Å². The summed E-state index contributed by atoms with van der Waals surface area (Å²) >= 11 is 0. The van der Waals surface area contributed by atoms with Crippen molar-refractivity contribution in [3.8, 4) is 6.07 Å². The van der Waals surface area contributed by atoms with Crippen LogP contribution in [0.5, 0.6) is 0 Å². The van der Waals surface area contributed by atoms with Crippen LogP contribution in [0, 0.1) is 22.7 Å². The highest BCUT2D eigenvalue weighted by Crippen LogP contribution is 2.36. The third kappa shape index (κ3) is 4.43. The molecule has 0 saturated carbocycles. The molecule has 108 valence electrons. The molecule has 19 heavy (non-hydrogen) atoms. The third-order valence-electron chi connectivity index (χ3n) is 3.14. The van der Waals surface area contributed by atoms with Gasteiger partial charge in [-0.2, -0.15) is 5.26 Å². The van der Waals surface area contributed by atoms with Crippen molar-refractivity contribution < 1.29 is 18.4 Å². The molecule has 0 aromatic carbocycles. The van der Waals surface area contributed by atoms with Gasteiger partial charge in [-0.05, 0) is 33.6 Å². The van der Waals surface area contributed by atoms with Gasteiger partial charge in [0.2, 0.25) is 0 Å². The zero-order valence-corrected chi connectivity index (χ0v) is 11.6. The Morgan fingerprint density at radius 1 is 1.53 bits per heavy atom. The van der Waals surface area contributed by atoms with Crippen LogP contribution in [0.4, 0.5) is 8.78 Å². The lowest BCUT2D eigenvalue weighted by Gasteiger charge is -2.37. The number of nitriles is 1. The number of hydrogen-bond donors (Lipinski definition) is 0. The quantitative estimate of drug-likeness (QED) is 0.794. The molecule has 0 bridgehead atoms. The summed E-state index contributed by atoms with van der Waals surface area (Å²) in [5, 5.41) is 9.49. The minimum absolute atomic E-state index is 0.127. The molecular weight excluding hydrogens is 254 g/mol. The van der Waals surface area contributed by atoms with Crippen LogP contribution in [-0.2, 0) is 9.63 Å². The summed E-state index contributed by atoms with van der Waals surface area (Å²) in [6, 6.07) is 1.88. The van der Waals surface area contributed by atoms with Crippen molar-refractivity contribution in [2.24, 2.45) is 11.3 Å². The number of nitrogens with zero attached hydrogens (tertiary/aromatic N) is 2. The van der Waals surface area contributed by atoms with E-state index in [1.807, 2.05) is 6.07 Å². The van der Waals surface area contributed by atoms with Gasteiger partial charge in [-0.25, -0.2) is 13.6 Å². The van der Waals surface area contributed by atoms with E-state index in [0.29, 0.717) is 0 Å². The lowest BCUT2D eigenvalue weighted by molar-refractivity contribution is -0.238. The SMILES string of the molecule is CC(C)(C)C(=O)ON1CCC(CCC#N)C(F)(F)C1. The normalized spacial score (nSPS) is 23.7. The van der Waals surface area contributed by atoms with Gasteiger partial charge in [0.15, 0.2) is 0 Å². The number of carbonyl (C=O) groups excluding carboxylic acids is 1. The Kier molecular flexibility index (Phi) is 4.86. The van der Waals surface area contributed by atoms with E-state index in [0.717, 1.165) is 5.06 Å². The highest BCUT2D eigenvalue weighted by molar-refractivity contribution is 5.75. The minimum Gasteiger partial charge on any atom is -0.367 e. The second-order valence-corrected chi connectivity index (χ2v) is 5.94. The second-order valence-electron chi connectivity index (χ2n) is 5.94. The summed E-state index contributed by atoms with van der Waals surface area (Å²) in [5.74, 6) is -4.25. The van der Waals surface area contributed by atoms with Crippen LogP contribution >= 0.6 is 0 Å². The van der Waals surface area contributed by atoms with Crippen molar-refractivity contribution in [1.29, 1.82) is 5.26 Å². The van der Waals surface area contributed by atoms with E-state index in [-0.39, 0.29) is 25.8 Å². The Hall–Kier alpha value is -1.22. The fourth-order valence-corrected chi connectivity index (χ4v) is 1.88. The highest BCUT2D eigenvalue weighted by Gasteiger charge is 2.45. The van der Waals surface area contributed by atoms with Crippen LogP contribution in [0.2, 0.25) is 0 Å². The zero-order chi connectivity index (χ0) is 14.7. The molecule has 1 fully saturated rings. The molecule has 1 atom stereocenters. The molecule has 0 aromatic rings. The average Bonchev–Trinajstić information content (AvgIpc) is 2.25. The van der Waals surface area contributed by atoms with Crippen molar-refractivity contribution >= 4 is 5.97 Å². The van der Waals surface area contributed by atoms with Gasteiger partial charge in [0, 0.05) is 18.9 Å². The monoisotopic (exact) mass is 274 g/mol. The van der Waals surface area contributed by atoms with E-state index in [2.05, 4.69) is 0 Å². The first-order valence-electron chi connectivity index (χ1n) is 6.39. The second kappa shape index (κ2) is 5.83. The van der Waals surface area contributed by atoms with Gasteiger partial charge in [0.25, 0.3) is 5.92 Å². The smallest absolute Gasteiger partial charge is 0.330 e. The van der Waals surface area contributed by atoms with Crippen LogP contribution in [0.3, 0.4) is 0 Å². The molecule has 0 spiro atoms. The zero-order valence-electron chi connectivity index (χ0n) is 11.6. The number of alkyl halides is 2. The summed E-state index contributed by atoms with van der Waals surface area (Å²) in [6.45, 7) is 4.71. The molecule has 1 aliphatic heterocycles. The van der Waals surface area contributed by atoms with Crippen molar-refractivity contribution in [2.75, 3.05) is 13.1 Å². The van der Waals surface area contributed by atoms with Crippen LogP contribution in [0.25, 0.3) is 0 Å². The van der Waals surface area contributed by atoms with Crippen LogP contribution in [0.15, 0.2) is 0 Å². The summed E-state index contributed by atoms with van der Waals surface area (Å²) in [4.78, 5) is 16.6. The van der Waals surface area contributed by atoms with Gasteiger partial charge in [-0.3, -0.25) is 0 Å². The van der Waals surface area contributed by atoms with Gasteiger partial charge >= 0.3 is 5.97 Å². The average molecular weight is 274 g/mol. The number of halogens is 2. The molecule has 6 heteroatoms. The number of piperidine rings is 1. The molecule has 1 saturated heterocycles. The first-order valence-corrected chi connectivity index (χ1v) is 6.39. The topological polar surface area (TPSA) is 53.3 Å². The lowest BCUT2D eigenvalue weighted by Crippen LogP contribution is -2.49. The van der Waals surface area contributed by atoms with Gasteiger partial charge in [-0.15, -0.1) is 5.06 Å². The maximum Gasteiger partial charge on any atom is 0.330 e. The first-order chi connectivity index (χ1) is 8.66. The Morgan fingerprint density at radius 2 is 2.16 bits per heavy atom. The van der Waals surface area contributed by atoms with Gasteiger partial charge in [0.05, 0.1) is 18.0 Å². The van der Waals surface area contributed by atoms with Crippen molar-refractivity contribution in [3.63, 3.8) is 0 Å². The molecule has 1 unspecified atom stereocenters. The number of rotatable bonds is 3. The molecule has 1 rings (SSSR count). The van der Waals surface area contributed by atoms with E-state index < -0.39 is 29.8 Å². The molecule has 0 aliphatic carbocycles. The van der Waals surface area contributed by atoms with E-state index in [9.17, 15) is 13.6 Å². The number of carbonyl (C=O) groups is 1. The highest BCUT2D eigenvalue weighted by atomic mass is 19.3. The van der Waals surface area contributed by atoms with E-state index in [1.165, 1.54) is 0 Å². The first kappa shape index (κ1) is 15.8. The molecular formula is C13H20F2N2O2. The van der Waals surface area contributed by atoms with E-state index >= 15 is 0 Å². The number of hydroxylamine groups is 2. The third-order valence-corrected chi connectivity index (χ3v) is 3.14. The summed E-state index contributed by atoms with van der Waals surface area (Å²) in [7, 11) is 0. The van der Waals surface area contributed by atoms with Crippen LogP contribution in [-0.4, -0.2) is 30.0 Å². The Labute approximate surface area is 112 Å². The predicted octanol–water partition coefficient (Wildman–Crippen LogP) is 2.75. The van der Waals surface area contributed by atoms with E-state index in [1.54, 1.807) is 20.8 Å². The molecule has 4 nitrogen and oxygen atoms in total. The van der Waals surface area contributed by atoms with Gasteiger partial charge in [-0.1, -0.05) is 0 Å². The van der Waals surface area contributed by atoms with Gasteiger partial charge in [0.1, 0.15) is 0 Å². The Morgan fingerprint density at radius 3 is 2.63 bits per heavy atom. The number of hydrogen-bond acceptors (Lipinski definition) is 4. The van der Waals surface area contributed by atoms with Gasteiger partial charge < -0.3 is 4.84 Å². The molecule has 0 amide bonds. The molecule has 1 heterocycles. The Balaban J connectivity index is 2.56. The van der Waals surface area contributed by atoms with Crippen LogP contribution in [0.1, 0.15) is 40.0 Å². The summed E-state index contributed by atoms with van der Waals surface area (Å²) < 4.78 is 27.7. The Bertz CT molecular complexity index is 372. The molecule has 1 aliphatic rings.